The Balaban J connectivity index is 0.00000161. The molecule has 1 saturated carbocycles. The van der Waals surface area contributed by atoms with Crippen LogP contribution in [-0.4, -0.2) is 24.0 Å². The molecule has 2 fully saturated rings. The summed E-state index contributed by atoms with van der Waals surface area (Å²) in [6.45, 7) is 9.28. The zero-order valence-corrected chi connectivity index (χ0v) is 14.3. The molecule has 21 heavy (non-hydrogen) atoms. The first-order valence-corrected chi connectivity index (χ1v) is 8.15. The molecule has 1 aliphatic heterocycles. The van der Waals surface area contributed by atoms with Gasteiger partial charge in [-0.3, -0.25) is 4.90 Å². The second-order valence-corrected chi connectivity index (χ2v) is 7.12. The van der Waals surface area contributed by atoms with Gasteiger partial charge in [-0.05, 0) is 48.6 Å². The van der Waals surface area contributed by atoms with E-state index in [9.17, 15) is 0 Å². The van der Waals surface area contributed by atoms with E-state index in [0.29, 0.717) is 18.0 Å². The molecule has 0 spiro atoms. The number of nitrogens with zero attached hydrogens (tertiary/aromatic N) is 1. The predicted octanol–water partition coefficient (Wildman–Crippen LogP) is 3.96. The summed E-state index contributed by atoms with van der Waals surface area (Å²) in [6, 6.07) is 10.2. The van der Waals surface area contributed by atoms with E-state index in [4.69, 9.17) is 5.73 Å². The highest BCUT2D eigenvalue weighted by atomic mass is 35.5. The van der Waals surface area contributed by atoms with Gasteiger partial charge in [-0.2, -0.15) is 0 Å². The third-order valence-electron chi connectivity index (χ3n) is 5.57. The molecule has 3 rings (SSSR count). The Bertz CT molecular complexity index is 457. The Kier molecular flexibility index (Phi) is 5.34. The third-order valence-corrected chi connectivity index (χ3v) is 5.57. The molecule has 118 valence electrons. The Morgan fingerprint density at radius 1 is 1.00 bits per heavy atom. The highest BCUT2D eigenvalue weighted by molar-refractivity contribution is 5.85. The molecule has 1 aromatic carbocycles. The number of halogens is 1. The summed E-state index contributed by atoms with van der Waals surface area (Å²) in [6.07, 6.45) is 2.57. The van der Waals surface area contributed by atoms with Gasteiger partial charge in [0.25, 0.3) is 0 Å². The highest BCUT2D eigenvalue weighted by Crippen LogP contribution is 2.40. The van der Waals surface area contributed by atoms with Crippen LogP contribution in [0.1, 0.15) is 56.7 Å². The molecule has 1 heterocycles. The fourth-order valence-electron chi connectivity index (χ4n) is 4.03. The Morgan fingerprint density at radius 3 is 2.19 bits per heavy atom. The zero-order chi connectivity index (χ0) is 14.3. The van der Waals surface area contributed by atoms with Crippen molar-refractivity contribution < 1.29 is 0 Å². The van der Waals surface area contributed by atoms with Crippen molar-refractivity contribution in [2.24, 2.45) is 17.6 Å². The van der Waals surface area contributed by atoms with E-state index in [1.807, 2.05) is 0 Å². The summed E-state index contributed by atoms with van der Waals surface area (Å²) in [5.74, 6) is 2.21. The van der Waals surface area contributed by atoms with Gasteiger partial charge in [-0.25, -0.2) is 0 Å². The van der Waals surface area contributed by atoms with Gasteiger partial charge in [0.15, 0.2) is 0 Å². The average molecular weight is 309 g/mol. The van der Waals surface area contributed by atoms with Gasteiger partial charge in [0.05, 0.1) is 0 Å². The first-order chi connectivity index (χ1) is 9.56. The van der Waals surface area contributed by atoms with Crippen LogP contribution in [0.25, 0.3) is 0 Å². The highest BCUT2D eigenvalue weighted by Gasteiger charge is 2.42. The van der Waals surface area contributed by atoms with Gasteiger partial charge in [-0.15, -0.1) is 12.4 Å². The van der Waals surface area contributed by atoms with E-state index in [0.717, 1.165) is 11.8 Å². The summed E-state index contributed by atoms with van der Waals surface area (Å²) in [7, 11) is 0. The van der Waals surface area contributed by atoms with Crippen LogP contribution < -0.4 is 5.73 Å². The van der Waals surface area contributed by atoms with Crippen molar-refractivity contribution >= 4 is 12.4 Å². The fraction of sp³-hybridized carbons (Fsp3) is 0.667. The number of rotatable bonds is 3. The molecule has 1 aromatic rings. The summed E-state index contributed by atoms with van der Waals surface area (Å²) < 4.78 is 0. The summed E-state index contributed by atoms with van der Waals surface area (Å²) in [4.78, 5) is 2.64. The lowest BCUT2D eigenvalue weighted by Crippen LogP contribution is -2.31. The molecular formula is C18H29ClN2. The van der Waals surface area contributed by atoms with E-state index < -0.39 is 0 Å². The molecule has 2 N–H and O–H groups in total. The SMILES string of the molecule is CC(C)c1ccc(C(C)N2CC3CCC(N)C3C2)cc1.Cl. The van der Waals surface area contributed by atoms with Crippen molar-refractivity contribution in [2.75, 3.05) is 13.1 Å². The second-order valence-electron chi connectivity index (χ2n) is 7.12. The third kappa shape index (κ3) is 3.28. The van der Waals surface area contributed by atoms with Gasteiger partial charge in [0, 0.05) is 25.2 Å². The van der Waals surface area contributed by atoms with E-state index in [-0.39, 0.29) is 12.4 Å². The normalized spacial score (nSPS) is 30.2. The average Bonchev–Trinajstić information content (AvgIpc) is 3.01. The van der Waals surface area contributed by atoms with Crippen molar-refractivity contribution in [3.05, 3.63) is 35.4 Å². The predicted molar refractivity (Wildman–Crippen MR) is 92.0 cm³/mol. The van der Waals surface area contributed by atoms with Crippen LogP contribution in [0.3, 0.4) is 0 Å². The fourth-order valence-corrected chi connectivity index (χ4v) is 4.03. The van der Waals surface area contributed by atoms with Crippen LogP contribution in [0.15, 0.2) is 24.3 Å². The van der Waals surface area contributed by atoms with Crippen LogP contribution in [-0.2, 0) is 0 Å². The van der Waals surface area contributed by atoms with Crippen LogP contribution in [0.2, 0.25) is 0 Å². The van der Waals surface area contributed by atoms with E-state index in [1.54, 1.807) is 0 Å². The van der Waals surface area contributed by atoms with Crippen LogP contribution in [0, 0.1) is 11.8 Å². The number of hydrogen-bond donors (Lipinski definition) is 1. The van der Waals surface area contributed by atoms with Crippen LogP contribution >= 0.6 is 12.4 Å². The maximum atomic E-state index is 6.25. The van der Waals surface area contributed by atoms with Crippen molar-refractivity contribution in [1.82, 2.24) is 4.90 Å². The zero-order valence-electron chi connectivity index (χ0n) is 13.5. The Morgan fingerprint density at radius 2 is 1.62 bits per heavy atom. The van der Waals surface area contributed by atoms with Crippen molar-refractivity contribution in [3.63, 3.8) is 0 Å². The molecule has 0 amide bonds. The minimum absolute atomic E-state index is 0. The van der Waals surface area contributed by atoms with Gasteiger partial charge in [0.2, 0.25) is 0 Å². The van der Waals surface area contributed by atoms with Crippen LogP contribution in [0.4, 0.5) is 0 Å². The Labute approximate surface area is 135 Å². The molecule has 4 atom stereocenters. The molecule has 2 aliphatic rings. The van der Waals surface area contributed by atoms with E-state index >= 15 is 0 Å². The molecule has 0 bridgehead atoms. The lowest BCUT2D eigenvalue weighted by Gasteiger charge is -2.26. The summed E-state index contributed by atoms with van der Waals surface area (Å²) >= 11 is 0. The van der Waals surface area contributed by atoms with Gasteiger partial charge in [0.1, 0.15) is 0 Å². The van der Waals surface area contributed by atoms with E-state index in [1.165, 1.54) is 37.1 Å². The number of likely N-dealkylation sites (tertiary alicyclic amines) is 1. The monoisotopic (exact) mass is 308 g/mol. The van der Waals surface area contributed by atoms with Crippen LogP contribution in [0.5, 0.6) is 0 Å². The quantitative estimate of drug-likeness (QED) is 0.915. The molecule has 4 unspecified atom stereocenters. The number of benzene rings is 1. The largest absolute Gasteiger partial charge is 0.327 e. The van der Waals surface area contributed by atoms with Crippen molar-refractivity contribution in [2.45, 2.75) is 51.6 Å². The van der Waals surface area contributed by atoms with Crippen molar-refractivity contribution in [3.8, 4) is 0 Å². The molecule has 1 saturated heterocycles. The van der Waals surface area contributed by atoms with Gasteiger partial charge in [-0.1, -0.05) is 38.1 Å². The number of fused-ring (bicyclic) bond motifs is 1. The molecule has 0 aromatic heterocycles. The summed E-state index contributed by atoms with van der Waals surface area (Å²) in [5, 5.41) is 0. The lowest BCUT2D eigenvalue weighted by molar-refractivity contribution is 0.239. The summed E-state index contributed by atoms with van der Waals surface area (Å²) in [5.41, 5.74) is 9.13. The number of nitrogens with two attached hydrogens (primary N) is 1. The first-order valence-electron chi connectivity index (χ1n) is 8.15. The molecule has 0 radical (unpaired) electrons. The minimum Gasteiger partial charge on any atom is -0.327 e. The molecule has 3 heteroatoms. The number of hydrogen-bond acceptors (Lipinski definition) is 2. The van der Waals surface area contributed by atoms with Gasteiger partial charge < -0.3 is 5.73 Å². The minimum atomic E-state index is 0. The molecule has 1 aliphatic carbocycles. The maximum Gasteiger partial charge on any atom is 0.0320 e. The van der Waals surface area contributed by atoms with E-state index in [2.05, 4.69) is 49.9 Å². The lowest BCUT2D eigenvalue weighted by atomic mass is 9.98. The van der Waals surface area contributed by atoms with Crippen molar-refractivity contribution in [1.29, 1.82) is 0 Å². The first kappa shape index (κ1) is 16.8. The smallest absolute Gasteiger partial charge is 0.0320 e. The Hall–Kier alpha value is -0.570. The van der Waals surface area contributed by atoms with Gasteiger partial charge >= 0.3 is 0 Å². The topological polar surface area (TPSA) is 29.3 Å². The standard InChI is InChI=1S/C18H28N2.ClH/c1-12(2)14-4-6-15(7-5-14)13(3)20-10-16-8-9-18(19)17(16)11-20;/h4-7,12-13,16-18H,8-11,19H2,1-3H3;1H. The second kappa shape index (κ2) is 6.68. The molecular weight excluding hydrogens is 280 g/mol. The molecule has 2 nitrogen and oxygen atoms in total. The maximum absolute atomic E-state index is 6.25.